The third kappa shape index (κ3) is 5.42. The molecule has 0 heterocycles. The number of carboxylic acids is 1. The zero-order valence-corrected chi connectivity index (χ0v) is 13.1. The molecule has 1 aromatic carbocycles. The van der Waals surface area contributed by atoms with Crippen LogP contribution in [0.2, 0.25) is 0 Å². The van der Waals surface area contributed by atoms with Gasteiger partial charge in [-0.25, -0.2) is 9.59 Å². The van der Waals surface area contributed by atoms with Crippen LogP contribution in [0.25, 0.3) is 0 Å². The van der Waals surface area contributed by atoms with Gasteiger partial charge in [-0.05, 0) is 40.5 Å². The van der Waals surface area contributed by atoms with E-state index in [1.54, 1.807) is 18.2 Å². The summed E-state index contributed by atoms with van der Waals surface area (Å²) in [5, 5.41) is 13.7. The first-order chi connectivity index (χ1) is 9.83. The molecule has 0 saturated carbocycles. The highest BCUT2D eigenvalue weighted by atomic mass is 79.9. The molecular formula is C13H15BrN2O5. The number of aliphatic carboxylic acids is 1. The monoisotopic (exact) mass is 358 g/mol. The van der Waals surface area contributed by atoms with E-state index in [9.17, 15) is 14.4 Å². The summed E-state index contributed by atoms with van der Waals surface area (Å²) in [6.45, 7) is 1.89. The van der Waals surface area contributed by atoms with E-state index in [4.69, 9.17) is 5.11 Å². The third-order valence-corrected chi connectivity index (χ3v) is 3.23. The number of hydrogen-bond donors (Lipinski definition) is 3. The number of esters is 1. The Morgan fingerprint density at radius 1 is 1.38 bits per heavy atom. The van der Waals surface area contributed by atoms with Crippen LogP contribution in [-0.4, -0.2) is 36.2 Å². The molecule has 0 aliphatic carbocycles. The molecule has 0 bridgehead atoms. The Hall–Kier alpha value is -2.09. The molecular weight excluding hydrogens is 344 g/mol. The molecule has 21 heavy (non-hydrogen) atoms. The number of aryl methyl sites for hydroxylation is 1. The molecule has 0 aliphatic heterocycles. The minimum Gasteiger partial charge on any atom is -0.480 e. The van der Waals surface area contributed by atoms with Crippen LogP contribution in [0.3, 0.4) is 0 Å². The predicted molar refractivity (Wildman–Crippen MR) is 79.1 cm³/mol. The SMILES string of the molecule is COC(=O)C[C@H](NC(=O)Nc1ccc(C)cc1Br)C(=O)O. The van der Waals surface area contributed by atoms with E-state index in [0.717, 1.165) is 12.7 Å². The Labute approximate surface area is 129 Å². The van der Waals surface area contributed by atoms with E-state index in [1.165, 1.54) is 0 Å². The summed E-state index contributed by atoms with van der Waals surface area (Å²) in [6.07, 6.45) is -0.450. The number of anilines is 1. The summed E-state index contributed by atoms with van der Waals surface area (Å²) in [5.74, 6) is -2.04. The number of rotatable bonds is 5. The molecule has 3 N–H and O–H groups in total. The fourth-order valence-electron chi connectivity index (χ4n) is 1.49. The molecule has 1 rings (SSSR count). The minimum atomic E-state index is -1.36. The average molecular weight is 359 g/mol. The molecule has 114 valence electrons. The first-order valence-corrected chi connectivity index (χ1v) is 6.76. The molecule has 0 saturated heterocycles. The Morgan fingerprint density at radius 2 is 2.05 bits per heavy atom. The normalized spacial score (nSPS) is 11.4. The molecule has 7 nitrogen and oxygen atoms in total. The second-order valence-electron chi connectivity index (χ2n) is 4.25. The highest BCUT2D eigenvalue weighted by Gasteiger charge is 2.23. The fraction of sp³-hybridized carbons (Fsp3) is 0.308. The molecule has 2 amide bonds. The fourth-order valence-corrected chi connectivity index (χ4v) is 2.08. The number of nitrogens with one attached hydrogen (secondary N) is 2. The van der Waals surface area contributed by atoms with Crippen LogP contribution in [0, 0.1) is 6.92 Å². The second-order valence-corrected chi connectivity index (χ2v) is 5.11. The number of hydrogen-bond acceptors (Lipinski definition) is 4. The van der Waals surface area contributed by atoms with Gasteiger partial charge in [-0.1, -0.05) is 6.07 Å². The molecule has 0 aromatic heterocycles. The number of amides is 2. The van der Waals surface area contributed by atoms with Crippen LogP contribution >= 0.6 is 15.9 Å². The summed E-state index contributed by atoms with van der Waals surface area (Å²) < 4.78 is 5.05. The number of benzene rings is 1. The first kappa shape index (κ1) is 17.0. The zero-order valence-electron chi connectivity index (χ0n) is 11.5. The smallest absolute Gasteiger partial charge is 0.326 e. The van der Waals surface area contributed by atoms with Crippen molar-refractivity contribution in [3.63, 3.8) is 0 Å². The van der Waals surface area contributed by atoms with Gasteiger partial charge in [-0.15, -0.1) is 0 Å². The number of carbonyl (C=O) groups excluding carboxylic acids is 2. The van der Waals surface area contributed by atoms with Crippen LogP contribution in [0.15, 0.2) is 22.7 Å². The van der Waals surface area contributed by atoms with Crippen molar-refractivity contribution < 1.29 is 24.2 Å². The number of carbonyl (C=O) groups is 3. The van der Waals surface area contributed by atoms with Gasteiger partial charge in [0.2, 0.25) is 0 Å². The van der Waals surface area contributed by atoms with Gasteiger partial charge < -0.3 is 20.5 Å². The summed E-state index contributed by atoms with van der Waals surface area (Å²) in [5.41, 5.74) is 1.49. The lowest BCUT2D eigenvalue weighted by molar-refractivity contribution is -0.147. The van der Waals surface area contributed by atoms with Gasteiger partial charge in [0, 0.05) is 4.47 Å². The molecule has 0 unspecified atom stereocenters. The average Bonchev–Trinajstić information content (AvgIpc) is 2.40. The van der Waals surface area contributed by atoms with E-state index in [2.05, 4.69) is 31.3 Å². The van der Waals surface area contributed by atoms with E-state index < -0.39 is 30.4 Å². The topological polar surface area (TPSA) is 105 Å². The van der Waals surface area contributed by atoms with Gasteiger partial charge in [-0.2, -0.15) is 0 Å². The second kappa shape index (κ2) is 7.63. The van der Waals surface area contributed by atoms with Crippen LogP contribution in [0.5, 0.6) is 0 Å². The maximum Gasteiger partial charge on any atom is 0.326 e. The quantitative estimate of drug-likeness (QED) is 0.697. The van der Waals surface area contributed by atoms with Crippen molar-refractivity contribution in [1.29, 1.82) is 0 Å². The summed E-state index contributed by atoms with van der Waals surface area (Å²) in [6, 6.07) is 3.19. The van der Waals surface area contributed by atoms with Gasteiger partial charge in [0.1, 0.15) is 6.04 Å². The lowest BCUT2D eigenvalue weighted by Crippen LogP contribution is -2.44. The number of halogens is 1. The number of urea groups is 1. The van der Waals surface area contributed by atoms with Crippen molar-refractivity contribution in [2.45, 2.75) is 19.4 Å². The van der Waals surface area contributed by atoms with E-state index >= 15 is 0 Å². The molecule has 8 heteroatoms. The Morgan fingerprint density at radius 3 is 2.57 bits per heavy atom. The van der Waals surface area contributed by atoms with Gasteiger partial charge in [-0.3, -0.25) is 4.79 Å². The summed E-state index contributed by atoms with van der Waals surface area (Å²) in [7, 11) is 1.14. The standard InChI is InChI=1S/C13H15BrN2O5/c1-7-3-4-9(8(14)5-7)15-13(20)16-10(12(18)19)6-11(17)21-2/h3-5,10H,6H2,1-2H3,(H,18,19)(H2,15,16,20)/t10-/m0/s1. The van der Waals surface area contributed by atoms with Crippen molar-refractivity contribution in [1.82, 2.24) is 5.32 Å². The van der Waals surface area contributed by atoms with Crippen molar-refractivity contribution in [2.75, 3.05) is 12.4 Å². The van der Waals surface area contributed by atoms with E-state index in [-0.39, 0.29) is 0 Å². The largest absolute Gasteiger partial charge is 0.480 e. The van der Waals surface area contributed by atoms with Crippen LogP contribution in [0.4, 0.5) is 10.5 Å². The molecule has 1 atom stereocenters. The lowest BCUT2D eigenvalue weighted by atomic mass is 10.2. The van der Waals surface area contributed by atoms with Crippen molar-refractivity contribution >= 4 is 39.6 Å². The Balaban J connectivity index is 2.69. The van der Waals surface area contributed by atoms with Gasteiger partial charge in [0.25, 0.3) is 0 Å². The molecule has 0 spiro atoms. The van der Waals surface area contributed by atoms with Crippen LogP contribution in [-0.2, 0) is 14.3 Å². The lowest BCUT2D eigenvalue weighted by Gasteiger charge is -2.14. The van der Waals surface area contributed by atoms with Crippen LogP contribution in [0.1, 0.15) is 12.0 Å². The first-order valence-electron chi connectivity index (χ1n) is 5.96. The Bertz CT molecular complexity index is 561. The Kier molecular flexibility index (Phi) is 6.16. The summed E-state index contributed by atoms with van der Waals surface area (Å²) >= 11 is 3.29. The predicted octanol–water partition coefficient (Wildman–Crippen LogP) is 1.90. The summed E-state index contributed by atoms with van der Waals surface area (Å²) in [4.78, 5) is 33.9. The maximum atomic E-state index is 11.8. The maximum absolute atomic E-state index is 11.8. The van der Waals surface area contributed by atoms with Gasteiger partial charge >= 0.3 is 18.0 Å². The highest BCUT2D eigenvalue weighted by Crippen LogP contribution is 2.23. The molecule has 1 aromatic rings. The number of carboxylic acid groups (broad SMARTS) is 1. The van der Waals surface area contributed by atoms with E-state index in [0.29, 0.717) is 10.2 Å². The molecule has 0 fully saturated rings. The van der Waals surface area contributed by atoms with E-state index in [1.807, 2.05) is 6.92 Å². The van der Waals surface area contributed by atoms with Crippen molar-refractivity contribution in [3.8, 4) is 0 Å². The molecule has 0 radical (unpaired) electrons. The number of methoxy groups -OCH3 is 1. The van der Waals surface area contributed by atoms with Gasteiger partial charge in [0.15, 0.2) is 0 Å². The minimum absolute atomic E-state index is 0.450. The highest BCUT2D eigenvalue weighted by molar-refractivity contribution is 9.10. The zero-order chi connectivity index (χ0) is 16.0. The third-order valence-electron chi connectivity index (χ3n) is 2.57. The van der Waals surface area contributed by atoms with Crippen molar-refractivity contribution in [3.05, 3.63) is 28.2 Å². The molecule has 0 aliphatic rings. The number of ether oxygens (including phenoxy) is 1. The van der Waals surface area contributed by atoms with Crippen molar-refractivity contribution in [2.24, 2.45) is 0 Å². The van der Waals surface area contributed by atoms with Crippen LogP contribution < -0.4 is 10.6 Å². The van der Waals surface area contributed by atoms with Gasteiger partial charge in [0.05, 0.1) is 19.2 Å².